The molecule has 1 saturated heterocycles. The molecule has 1 saturated carbocycles. The monoisotopic (exact) mass is 440 g/mol. The van der Waals surface area contributed by atoms with Crippen molar-refractivity contribution >= 4 is 5.91 Å². The van der Waals surface area contributed by atoms with Gasteiger partial charge in [0, 0.05) is 51.0 Å². The number of halogens is 2. The maximum atomic E-state index is 13.5. The van der Waals surface area contributed by atoms with Gasteiger partial charge in [0.25, 0.3) is 0 Å². The van der Waals surface area contributed by atoms with Gasteiger partial charge in [0.05, 0.1) is 6.54 Å². The van der Waals surface area contributed by atoms with Gasteiger partial charge in [-0.25, -0.2) is 8.78 Å². The average Bonchev–Trinajstić information content (AvgIpc) is 2.86. The van der Waals surface area contributed by atoms with E-state index in [1.807, 2.05) is 0 Å². The topological polar surface area (TPSA) is 62.2 Å². The van der Waals surface area contributed by atoms with Crippen LogP contribution in [0.5, 0.6) is 5.75 Å². The lowest BCUT2D eigenvalue weighted by atomic mass is 9.75. The van der Waals surface area contributed by atoms with Crippen molar-refractivity contribution in [3.63, 3.8) is 0 Å². The van der Waals surface area contributed by atoms with Crippen LogP contribution in [0.4, 0.5) is 8.78 Å². The minimum atomic E-state index is -1.38. The van der Waals surface area contributed by atoms with Crippen LogP contribution in [0.25, 0.3) is 0 Å². The van der Waals surface area contributed by atoms with Gasteiger partial charge in [0.2, 0.25) is 5.91 Å². The normalized spacial score (nSPS) is 25.3. The Morgan fingerprint density at radius 3 is 2.39 bits per heavy atom. The number of ether oxygens (including phenoxy) is 2. The van der Waals surface area contributed by atoms with Crippen LogP contribution in [0, 0.1) is 17.0 Å². The van der Waals surface area contributed by atoms with E-state index in [0.29, 0.717) is 31.1 Å². The second-order valence-electron chi connectivity index (χ2n) is 9.73. The first-order valence-electron chi connectivity index (χ1n) is 10.9. The number of hydrogen-bond donors (Lipinski definition) is 1. The lowest BCUT2D eigenvalue weighted by Crippen LogP contribution is -2.54. The Balaban J connectivity index is 1.75. The highest BCUT2D eigenvalue weighted by atomic mass is 19.1. The molecular formula is C23H34F2N2O4. The molecule has 3 rings (SSSR count). The van der Waals surface area contributed by atoms with Crippen molar-refractivity contribution in [1.82, 2.24) is 9.80 Å². The van der Waals surface area contributed by atoms with E-state index in [9.17, 15) is 18.7 Å². The number of rotatable bonds is 6. The summed E-state index contributed by atoms with van der Waals surface area (Å²) in [6.45, 7) is 5.84. The zero-order valence-corrected chi connectivity index (χ0v) is 18.7. The summed E-state index contributed by atoms with van der Waals surface area (Å²) >= 11 is 0. The van der Waals surface area contributed by atoms with Crippen molar-refractivity contribution in [2.75, 3.05) is 46.5 Å². The largest absolute Gasteiger partial charge is 0.490 e. The van der Waals surface area contributed by atoms with Crippen LogP contribution in [-0.4, -0.2) is 79.0 Å². The van der Waals surface area contributed by atoms with Crippen molar-refractivity contribution in [2.24, 2.45) is 5.41 Å². The van der Waals surface area contributed by atoms with E-state index in [4.69, 9.17) is 9.47 Å². The van der Waals surface area contributed by atoms with Gasteiger partial charge in [-0.15, -0.1) is 0 Å². The molecule has 1 amide bonds. The Morgan fingerprint density at radius 1 is 1.13 bits per heavy atom. The molecule has 0 radical (unpaired) electrons. The van der Waals surface area contributed by atoms with Crippen molar-refractivity contribution in [3.05, 3.63) is 29.8 Å². The van der Waals surface area contributed by atoms with Gasteiger partial charge >= 0.3 is 0 Å². The maximum Gasteiger partial charge on any atom is 0.248 e. The Kier molecular flexibility index (Phi) is 7.55. The highest BCUT2D eigenvalue weighted by Gasteiger charge is 2.40. The zero-order chi connectivity index (χ0) is 22.6. The summed E-state index contributed by atoms with van der Waals surface area (Å²) < 4.78 is 37.6. The first kappa shape index (κ1) is 23.9. The fourth-order valence-corrected chi connectivity index (χ4v) is 4.60. The Hall–Kier alpha value is -1.77. The fraction of sp³-hybridized carbons (Fsp3) is 0.696. The molecule has 2 aliphatic rings. The number of carbonyl (C=O) groups excluding carboxylic acids is 1. The van der Waals surface area contributed by atoms with Crippen LogP contribution >= 0.6 is 0 Å². The summed E-state index contributed by atoms with van der Waals surface area (Å²) in [6, 6.07) is 3.25. The minimum absolute atomic E-state index is 0.0101. The first-order valence-corrected chi connectivity index (χ1v) is 10.9. The van der Waals surface area contributed by atoms with Crippen LogP contribution < -0.4 is 4.74 Å². The Bertz CT molecular complexity index is 746. The molecule has 0 aromatic heterocycles. The molecule has 1 N–H and O–H groups in total. The van der Waals surface area contributed by atoms with Gasteiger partial charge < -0.3 is 19.5 Å². The molecule has 0 bridgehead atoms. The number of benzene rings is 1. The predicted octanol–water partition coefficient (Wildman–Crippen LogP) is 2.83. The van der Waals surface area contributed by atoms with Gasteiger partial charge in [-0.3, -0.25) is 9.69 Å². The summed E-state index contributed by atoms with van der Waals surface area (Å²) in [6.07, 6.45) is 4.28. The van der Waals surface area contributed by atoms with E-state index < -0.39 is 17.2 Å². The number of β-amino-alcohol motifs (C(OH)–C–C–N with tert-alkyl or cyclic N) is 1. The van der Waals surface area contributed by atoms with Crippen LogP contribution in [0.2, 0.25) is 0 Å². The third-order valence-electron chi connectivity index (χ3n) is 6.43. The van der Waals surface area contributed by atoms with Gasteiger partial charge in [0.15, 0.2) is 0 Å². The number of carbonyl (C=O) groups is 1. The molecule has 2 fully saturated rings. The van der Waals surface area contributed by atoms with E-state index in [1.165, 1.54) is 7.11 Å². The minimum Gasteiger partial charge on any atom is -0.490 e. The molecule has 1 aromatic rings. The summed E-state index contributed by atoms with van der Waals surface area (Å²) in [5.41, 5.74) is -1.06. The van der Waals surface area contributed by atoms with Crippen molar-refractivity contribution in [3.8, 4) is 5.75 Å². The Labute approximate surface area is 183 Å². The summed E-state index contributed by atoms with van der Waals surface area (Å²) in [7, 11) is 1.46. The predicted molar refractivity (Wildman–Crippen MR) is 113 cm³/mol. The molecule has 1 aromatic carbocycles. The molecule has 0 spiro atoms. The molecule has 1 aliphatic heterocycles. The maximum absolute atomic E-state index is 13.5. The molecule has 1 heterocycles. The van der Waals surface area contributed by atoms with E-state index in [2.05, 4.69) is 18.7 Å². The van der Waals surface area contributed by atoms with E-state index >= 15 is 0 Å². The molecule has 0 unspecified atom stereocenters. The third-order valence-corrected chi connectivity index (χ3v) is 6.43. The highest BCUT2D eigenvalue weighted by molar-refractivity contribution is 5.77. The van der Waals surface area contributed by atoms with Crippen molar-refractivity contribution < 1.29 is 28.2 Å². The Morgan fingerprint density at radius 2 is 1.77 bits per heavy atom. The second-order valence-corrected chi connectivity index (χ2v) is 9.73. The van der Waals surface area contributed by atoms with Crippen LogP contribution in [0.1, 0.15) is 39.5 Å². The average molecular weight is 441 g/mol. The molecule has 6 nitrogen and oxygen atoms in total. The number of aliphatic hydroxyl groups is 1. The quantitative estimate of drug-likeness (QED) is 0.737. The number of methoxy groups -OCH3 is 1. The number of amides is 1. The van der Waals surface area contributed by atoms with Gasteiger partial charge in [-0.1, -0.05) is 13.8 Å². The van der Waals surface area contributed by atoms with Crippen molar-refractivity contribution in [2.45, 2.75) is 51.2 Å². The molecule has 8 heteroatoms. The van der Waals surface area contributed by atoms with Crippen LogP contribution in [-0.2, 0) is 9.53 Å². The van der Waals surface area contributed by atoms with Crippen LogP contribution in [0.3, 0.4) is 0 Å². The molecule has 1 atom stereocenters. The zero-order valence-electron chi connectivity index (χ0n) is 18.7. The highest BCUT2D eigenvalue weighted by Crippen LogP contribution is 2.37. The summed E-state index contributed by atoms with van der Waals surface area (Å²) in [5.74, 6) is -1.68. The van der Waals surface area contributed by atoms with E-state index in [1.54, 1.807) is 4.90 Å². The molecular weight excluding hydrogens is 406 g/mol. The van der Waals surface area contributed by atoms with E-state index in [-0.39, 0.29) is 31.4 Å². The number of nitrogens with zero attached hydrogens (tertiary/aromatic N) is 2. The second kappa shape index (κ2) is 9.79. The first-order chi connectivity index (χ1) is 14.6. The van der Waals surface area contributed by atoms with E-state index in [0.717, 1.165) is 43.9 Å². The number of hydrogen-bond acceptors (Lipinski definition) is 5. The third kappa shape index (κ3) is 6.60. The van der Waals surface area contributed by atoms with Crippen molar-refractivity contribution in [1.29, 1.82) is 0 Å². The van der Waals surface area contributed by atoms with Gasteiger partial charge in [-0.05, 0) is 31.1 Å². The molecule has 1 aliphatic carbocycles. The SMILES string of the molecule is COCC(=O)N1CCN(C2CCC(C)(C)CC2)C[C@](O)(COc2cc(F)cc(F)c2)C1. The standard InChI is InChI=1S/C23H34F2N2O4/c1-22(2)6-4-19(5-7-22)26-8-9-27(21(28)13-30-3)15-23(29,14-26)16-31-20-11-17(24)10-18(25)12-20/h10-12,19,29H,4-9,13-16H2,1-3H3/t23-/m1/s1. The van der Waals surface area contributed by atoms with Gasteiger partial charge in [-0.2, -0.15) is 0 Å². The summed E-state index contributed by atoms with van der Waals surface area (Å²) in [4.78, 5) is 16.3. The molecule has 174 valence electrons. The lowest BCUT2D eigenvalue weighted by Gasteiger charge is -2.41. The van der Waals surface area contributed by atoms with Crippen LogP contribution in [0.15, 0.2) is 18.2 Å². The lowest BCUT2D eigenvalue weighted by molar-refractivity contribution is -0.138. The van der Waals surface area contributed by atoms with Gasteiger partial charge in [0.1, 0.15) is 36.2 Å². The molecule has 31 heavy (non-hydrogen) atoms. The summed E-state index contributed by atoms with van der Waals surface area (Å²) in [5, 5.41) is 11.5. The fourth-order valence-electron chi connectivity index (χ4n) is 4.60. The smallest absolute Gasteiger partial charge is 0.248 e.